The van der Waals surface area contributed by atoms with Gasteiger partial charge in [-0.15, -0.1) is 0 Å². The summed E-state index contributed by atoms with van der Waals surface area (Å²) in [5, 5.41) is 9.44. The third kappa shape index (κ3) is 8.20. The van der Waals surface area contributed by atoms with Gasteiger partial charge in [0.2, 0.25) is 0 Å². The minimum Gasteiger partial charge on any atom is -0.415 e. The lowest BCUT2D eigenvalue weighted by atomic mass is 10.4. The first-order chi connectivity index (χ1) is 5.31. The number of hydrogen-bond acceptors (Lipinski definition) is 3. The van der Waals surface area contributed by atoms with Crippen LogP contribution in [0.4, 0.5) is 0 Å². The average molecular weight is 191 g/mol. The maximum absolute atomic E-state index is 9.44. The van der Waals surface area contributed by atoms with Crippen LogP contribution in [0.5, 0.6) is 0 Å². The van der Waals surface area contributed by atoms with Gasteiger partial charge >= 0.3 is 0 Å². The van der Waals surface area contributed by atoms with E-state index in [0.717, 1.165) is 0 Å². The number of hydrogen-bond donors (Lipinski definition) is 1. The standard InChI is InChI=1S/C8H21NO2Si/c1-9(2)6-8(10)7-11-12(3,4)5/h8,10H,6-7H2,1-5H3. The van der Waals surface area contributed by atoms with Gasteiger partial charge in [0.05, 0.1) is 12.7 Å². The van der Waals surface area contributed by atoms with Gasteiger partial charge in [0.15, 0.2) is 8.32 Å². The number of likely N-dealkylation sites (N-methyl/N-ethyl adjacent to an activating group) is 1. The summed E-state index contributed by atoms with van der Waals surface area (Å²) in [6, 6.07) is 0. The van der Waals surface area contributed by atoms with Crippen molar-refractivity contribution in [3.63, 3.8) is 0 Å². The fourth-order valence-electron chi connectivity index (χ4n) is 0.820. The molecule has 1 atom stereocenters. The molecule has 0 aromatic carbocycles. The highest BCUT2D eigenvalue weighted by atomic mass is 28.4. The summed E-state index contributed by atoms with van der Waals surface area (Å²) < 4.78 is 5.55. The number of aliphatic hydroxyl groups excluding tert-OH is 1. The Morgan fingerprint density at radius 1 is 1.33 bits per heavy atom. The normalized spacial score (nSPS) is 15.2. The van der Waals surface area contributed by atoms with Crippen LogP contribution in [-0.4, -0.2) is 51.7 Å². The molecular formula is C8H21NO2Si. The molecule has 0 aromatic heterocycles. The minimum atomic E-state index is -1.45. The molecule has 0 bridgehead atoms. The molecule has 1 N–H and O–H groups in total. The van der Waals surface area contributed by atoms with Gasteiger partial charge in [-0.05, 0) is 33.7 Å². The second-order valence-corrected chi connectivity index (χ2v) is 8.85. The topological polar surface area (TPSA) is 32.7 Å². The largest absolute Gasteiger partial charge is 0.415 e. The van der Waals surface area contributed by atoms with E-state index in [-0.39, 0.29) is 6.10 Å². The van der Waals surface area contributed by atoms with Crippen LogP contribution in [0.2, 0.25) is 19.6 Å². The molecule has 0 saturated heterocycles. The molecule has 12 heavy (non-hydrogen) atoms. The summed E-state index contributed by atoms with van der Waals surface area (Å²) in [6.07, 6.45) is -0.355. The zero-order valence-corrected chi connectivity index (χ0v) is 9.79. The lowest BCUT2D eigenvalue weighted by Gasteiger charge is -2.21. The van der Waals surface area contributed by atoms with E-state index >= 15 is 0 Å². The molecule has 1 unspecified atom stereocenters. The van der Waals surface area contributed by atoms with Gasteiger partial charge in [-0.25, -0.2) is 0 Å². The van der Waals surface area contributed by atoms with Gasteiger partial charge < -0.3 is 14.4 Å². The number of rotatable bonds is 5. The summed E-state index contributed by atoms with van der Waals surface area (Å²) in [5.74, 6) is 0. The molecule has 0 rings (SSSR count). The summed E-state index contributed by atoms with van der Waals surface area (Å²) in [6.45, 7) is 7.50. The van der Waals surface area contributed by atoms with Crippen LogP contribution in [0.1, 0.15) is 0 Å². The lowest BCUT2D eigenvalue weighted by Crippen LogP contribution is -2.35. The number of aliphatic hydroxyl groups is 1. The van der Waals surface area contributed by atoms with E-state index in [0.29, 0.717) is 13.2 Å². The Morgan fingerprint density at radius 2 is 1.83 bits per heavy atom. The fraction of sp³-hybridized carbons (Fsp3) is 1.00. The highest BCUT2D eigenvalue weighted by molar-refractivity contribution is 6.69. The highest BCUT2D eigenvalue weighted by Crippen LogP contribution is 2.03. The van der Waals surface area contributed by atoms with Crippen LogP contribution >= 0.6 is 0 Å². The molecule has 0 aliphatic heterocycles. The zero-order chi connectivity index (χ0) is 9.78. The Hall–Kier alpha value is 0.0969. The highest BCUT2D eigenvalue weighted by Gasteiger charge is 2.16. The average Bonchev–Trinajstić information content (AvgIpc) is 1.80. The fourth-order valence-corrected chi connectivity index (χ4v) is 1.51. The third-order valence-corrected chi connectivity index (χ3v) is 2.32. The van der Waals surface area contributed by atoms with Crippen molar-refractivity contribution < 1.29 is 9.53 Å². The molecule has 0 saturated carbocycles. The Morgan fingerprint density at radius 3 is 2.17 bits per heavy atom. The first-order valence-electron chi connectivity index (χ1n) is 4.28. The molecule has 0 aromatic rings. The quantitative estimate of drug-likeness (QED) is 0.651. The monoisotopic (exact) mass is 191 g/mol. The van der Waals surface area contributed by atoms with Crippen molar-refractivity contribution in [3.05, 3.63) is 0 Å². The van der Waals surface area contributed by atoms with Crippen LogP contribution in [0, 0.1) is 0 Å². The van der Waals surface area contributed by atoms with E-state index in [4.69, 9.17) is 4.43 Å². The first kappa shape index (κ1) is 12.1. The lowest BCUT2D eigenvalue weighted by molar-refractivity contribution is 0.0801. The molecule has 0 aliphatic rings. The molecule has 0 radical (unpaired) electrons. The molecule has 0 spiro atoms. The molecule has 74 valence electrons. The van der Waals surface area contributed by atoms with Crippen molar-refractivity contribution in [3.8, 4) is 0 Å². The minimum absolute atomic E-state index is 0.355. The van der Waals surface area contributed by atoms with Gasteiger partial charge in [-0.3, -0.25) is 0 Å². The molecule has 0 fully saturated rings. The molecule has 0 amide bonds. The van der Waals surface area contributed by atoms with Gasteiger partial charge in [0, 0.05) is 6.54 Å². The Bertz CT molecular complexity index is 123. The van der Waals surface area contributed by atoms with Crippen LogP contribution in [-0.2, 0) is 4.43 Å². The van der Waals surface area contributed by atoms with E-state index in [1.54, 1.807) is 0 Å². The summed E-state index contributed by atoms with van der Waals surface area (Å²) in [7, 11) is 2.43. The third-order valence-electron chi connectivity index (χ3n) is 1.28. The van der Waals surface area contributed by atoms with E-state index in [1.165, 1.54) is 0 Å². The van der Waals surface area contributed by atoms with Gasteiger partial charge in [-0.1, -0.05) is 0 Å². The van der Waals surface area contributed by atoms with Crippen molar-refractivity contribution in [1.82, 2.24) is 4.90 Å². The van der Waals surface area contributed by atoms with Crippen LogP contribution in [0.15, 0.2) is 0 Å². The van der Waals surface area contributed by atoms with Crippen molar-refractivity contribution in [2.45, 2.75) is 25.7 Å². The van der Waals surface area contributed by atoms with Gasteiger partial charge in [0.25, 0.3) is 0 Å². The van der Waals surface area contributed by atoms with E-state index in [1.807, 2.05) is 19.0 Å². The Kier molecular flexibility index (Phi) is 5.00. The summed E-state index contributed by atoms with van der Waals surface area (Å²) >= 11 is 0. The van der Waals surface area contributed by atoms with Crippen molar-refractivity contribution >= 4 is 8.32 Å². The second kappa shape index (κ2) is 4.96. The molecule has 4 heteroatoms. The maximum Gasteiger partial charge on any atom is 0.183 e. The van der Waals surface area contributed by atoms with Crippen LogP contribution < -0.4 is 0 Å². The van der Waals surface area contributed by atoms with E-state index in [2.05, 4.69) is 19.6 Å². The molecule has 3 nitrogen and oxygen atoms in total. The van der Waals surface area contributed by atoms with Crippen LogP contribution in [0.25, 0.3) is 0 Å². The van der Waals surface area contributed by atoms with Crippen molar-refractivity contribution in [2.24, 2.45) is 0 Å². The summed E-state index contributed by atoms with van der Waals surface area (Å²) in [4.78, 5) is 1.96. The smallest absolute Gasteiger partial charge is 0.183 e. The predicted molar refractivity (Wildman–Crippen MR) is 53.9 cm³/mol. The summed E-state index contributed by atoms with van der Waals surface area (Å²) in [5.41, 5.74) is 0. The van der Waals surface area contributed by atoms with E-state index < -0.39 is 8.32 Å². The maximum atomic E-state index is 9.44. The molecular weight excluding hydrogens is 170 g/mol. The van der Waals surface area contributed by atoms with Crippen molar-refractivity contribution in [1.29, 1.82) is 0 Å². The predicted octanol–water partition coefficient (Wildman–Crippen LogP) is 0.760. The van der Waals surface area contributed by atoms with Gasteiger partial charge in [0.1, 0.15) is 0 Å². The Labute approximate surface area is 76.5 Å². The molecule has 0 heterocycles. The van der Waals surface area contributed by atoms with Crippen LogP contribution in [0.3, 0.4) is 0 Å². The van der Waals surface area contributed by atoms with Gasteiger partial charge in [-0.2, -0.15) is 0 Å². The number of nitrogens with zero attached hydrogens (tertiary/aromatic N) is 1. The zero-order valence-electron chi connectivity index (χ0n) is 8.79. The first-order valence-corrected chi connectivity index (χ1v) is 7.69. The Balaban J connectivity index is 3.51. The molecule has 0 aliphatic carbocycles. The second-order valence-electron chi connectivity index (χ2n) is 4.34. The van der Waals surface area contributed by atoms with Crippen molar-refractivity contribution in [2.75, 3.05) is 27.2 Å². The SMILES string of the molecule is CN(C)CC(O)CO[Si](C)(C)C. The van der Waals surface area contributed by atoms with E-state index in [9.17, 15) is 5.11 Å².